The molecule has 3 rings (SSSR count). The number of aromatic nitrogens is 1. The van der Waals surface area contributed by atoms with Crippen LogP contribution in [0.4, 0.5) is 5.69 Å². The maximum absolute atomic E-state index is 12.6. The van der Waals surface area contributed by atoms with E-state index in [0.717, 1.165) is 31.5 Å². The first-order chi connectivity index (χ1) is 11.7. The quantitative estimate of drug-likeness (QED) is 0.811. The molecule has 6 heteroatoms. The topological polar surface area (TPSA) is 63.7 Å². The molecular formula is C18H27N3O3. The third-order valence-electron chi connectivity index (χ3n) is 4.72. The van der Waals surface area contributed by atoms with E-state index in [1.165, 1.54) is 12.8 Å². The summed E-state index contributed by atoms with van der Waals surface area (Å²) in [4.78, 5) is 18.7. The van der Waals surface area contributed by atoms with Crippen LogP contribution in [-0.4, -0.2) is 54.4 Å². The zero-order valence-electron chi connectivity index (χ0n) is 14.4. The number of nitrogens with zero attached hydrogens (tertiary/aromatic N) is 2. The Morgan fingerprint density at radius 1 is 1.25 bits per heavy atom. The lowest BCUT2D eigenvalue weighted by Crippen LogP contribution is -2.47. The molecule has 2 aliphatic heterocycles. The van der Waals surface area contributed by atoms with Gasteiger partial charge in [-0.3, -0.25) is 4.79 Å². The summed E-state index contributed by atoms with van der Waals surface area (Å²) < 4.78 is 11.4. The number of pyridine rings is 1. The number of carbonyl (C=O) groups excluding carboxylic acids is 1. The summed E-state index contributed by atoms with van der Waals surface area (Å²) in [5.74, 6) is -0.461. The predicted molar refractivity (Wildman–Crippen MR) is 92.0 cm³/mol. The Morgan fingerprint density at radius 2 is 2.00 bits per heavy atom. The van der Waals surface area contributed by atoms with Gasteiger partial charge in [0.2, 0.25) is 0 Å². The number of piperidine rings is 1. The molecule has 1 N–H and O–H groups in total. The van der Waals surface area contributed by atoms with Crippen molar-refractivity contribution < 1.29 is 14.3 Å². The number of hydrogen-bond donors (Lipinski definition) is 1. The first kappa shape index (κ1) is 17.2. The van der Waals surface area contributed by atoms with Gasteiger partial charge in [0.15, 0.2) is 5.79 Å². The van der Waals surface area contributed by atoms with E-state index in [1.807, 2.05) is 11.0 Å². The lowest BCUT2D eigenvalue weighted by atomic mass is 10.0. The van der Waals surface area contributed by atoms with Gasteiger partial charge in [-0.25, -0.2) is 4.98 Å². The van der Waals surface area contributed by atoms with E-state index < -0.39 is 5.79 Å². The average molecular weight is 333 g/mol. The van der Waals surface area contributed by atoms with E-state index in [9.17, 15) is 4.79 Å². The molecule has 24 heavy (non-hydrogen) atoms. The zero-order valence-corrected chi connectivity index (χ0v) is 14.4. The number of carbonyl (C=O) groups is 1. The van der Waals surface area contributed by atoms with Crippen molar-refractivity contribution >= 4 is 11.6 Å². The van der Waals surface area contributed by atoms with Gasteiger partial charge in [-0.2, -0.15) is 0 Å². The molecule has 6 nitrogen and oxygen atoms in total. The lowest BCUT2D eigenvalue weighted by molar-refractivity contribution is -0.181. The van der Waals surface area contributed by atoms with Crippen LogP contribution >= 0.6 is 0 Å². The van der Waals surface area contributed by atoms with Gasteiger partial charge in [0.1, 0.15) is 5.69 Å². The maximum atomic E-state index is 12.6. The van der Waals surface area contributed by atoms with Crippen LogP contribution in [0.3, 0.4) is 0 Å². The van der Waals surface area contributed by atoms with Crippen molar-refractivity contribution in [3.05, 3.63) is 24.0 Å². The van der Waals surface area contributed by atoms with Crippen LogP contribution in [0.2, 0.25) is 0 Å². The summed E-state index contributed by atoms with van der Waals surface area (Å²) in [6.07, 6.45) is 6.79. The highest BCUT2D eigenvalue weighted by molar-refractivity contribution is 5.92. The normalized spacial score (nSPS) is 19.6. The third kappa shape index (κ3) is 4.05. The highest BCUT2D eigenvalue weighted by Gasteiger charge is 2.40. The molecule has 2 fully saturated rings. The fraction of sp³-hybridized carbons (Fsp3) is 0.667. The van der Waals surface area contributed by atoms with E-state index >= 15 is 0 Å². The molecule has 0 atom stereocenters. The van der Waals surface area contributed by atoms with Crippen molar-refractivity contribution in [3.63, 3.8) is 0 Å². The second-order valence-electron chi connectivity index (χ2n) is 6.47. The Hall–Kier alpha value is -1.66. The summed E-state index contributed by atoms with van der Waals surface area (Å²) in [6, 6.07) is 3.73. The number of ether oxygens (including phenoxy) is 2. The number of hydrogen-bond acceptors (Lipinski definition) is 5. The number of anilines is 1. The number of nitrogens with one attached hydrogen (secondary N) is 1. The number of rotatable bonds is 6. The summed E-state index contributed by atoms with van der Waals surface area (Å²) in [5.41, 5.74) is 1.46. The molecule has 0 unspecified atom stereocenters. The molecule has 2 saturated heterocycles. The zero-order chi connectivity index (χ0) is 16.8. The first-order valence-corrected chi connectivity index (χ1v) is 8.99. The molecule has 0 bridgehead atoms. The summed E-state index contributed by atoms with van der Waals surface area (Å²) >= 11 is 0. The molecule has 0 aromatic carbocycles. The molecule has 0 radical (unpaired) electrons. The van der Waals surface area contributed by atoms with Crippen molar-refractivity contribution in [1.29, 1.82) is 0 Å². The van der Waals surface area contributed by atoms with Gasteiger partial charge in [-0.05, 0) is 18.6 Å². The number of unbranched alkanes of at least 4 members (excludes halogenated alkanes) is 2. The van der Waals surface area contributed by atoms with Crippen LogP contribution < -0.4 is 5.32 Å². The van der Waals surface area contributed by atoms with Crippen LogP contribution in [0.25, 0.3) is 0 Å². The monoisotopic (exact) mass is 333 g/mol. The van der Waals surface area contributed by atoms with Gasteiger partial charge >= 0.3 is 0 Å². The molecular weight excluding hydrogens is 306 g/mol. The lowest BCUT2D eigenvalue weighted by Gasteiger charge is -2.37. The fourth-order valence-electron chi connectivity index (χ4n) is 3.23. The van der Waals surface area contributed by atoms with Crippen LogP contribution in [0, 0.1) is 0 Å². The molecule has 1 aromatic heterocycles. The van der Waals surface area contributed by atoms with Gasteiger partial charge in [-0.15, -0.1) is 0 Å². The highest BCUT2D eigenvalue weighted by atomic mass is 16.7. The minimum absolute atomic E-state index is 0.0135. The van der Waals surface area contributed by atoms with Gasteiger partial charge in [-0.1, -0.05) is 19.8 Å². The third-order valence-corrected chi connectivity index (χ3v) is 4.72. The van der Waals surface area contributed by atoms with Gasteiger partial charge in [0, 0.05) is 32.5 Å². The Balaban J connectivity index is 1.50. The average Bonchev–Trinajstić information content (AvgIpc) is 3.07. The predicted octanol–water partition coefficient (Wildman–Crippen LogP) is 2.66. The minimum atomic E-state index is -0.448. The number of likely N-dealkylation sites (tertiary alicyclic amines) is 1. The van der Waals surface area contributed by atoms with Crippen LogP contribution in [0.1, 0.15) is 49.5 Å². The standard InChI is InChI=1S/C18H27N3O3/c1-2-3-4-9-19-15-5-6-16(20-14-15)17(22)21-10-7-18(8-11-21)23-12-13-24-18/h5-6,14,19H,2-4,7-13H2,1H3. The van der Waals surface area contributed by atoms with E-state index in [-0.39, 0.29) is 5.91 Å². The molecule has 0 saturated carbocycles. The number of amides is 1. The van der Waals surface area contributed by atoms with Crippen molar-refractivity contribution in [2.24, 2.45) is 0 Å². The SMILES string of the molecule is CCCCCNc1ccc(C(=O)N2CCC3(CC2)OCCO3)nc1. The van der Waals surface area contributed by atoms with Crippen molar-refractivity contribution in [2.45, 2.75) is 44.8 Å². The first-order valence-electron chi connectivity index (χ1n) is 8.99. The highest BCUT2D eigenvalue weighted by Crippen LogP contribution is 2.31. The molecule has 1 amide bonds. The van der Waals surface area contributed by atoms with Gasteiger partial charge < -0.3 is 19.7 Å². The Labute approximate surface area is 143 Å². The second-order valence-corrected chi connectivity index (χ2v) is 6.47. The summed E-state index contributed by atoms with van der Waals surface area (Å²) in [7, 11) is 0. The van der Waals surface area contributed by atoms with Crippen molar-refractivity contribution in [1.82, 2.24) is 9.88 Å². The second kappa shape index (κ2) is 7.94. The van der Waals surface area contributed by atoms with Crippen molar-refractivity contribution in [3.8, 4) is 0 Å². The minimum Gasteiger partial charge on any atom is -0.384 e. The summed E-state index contributed by atoms with van der Waals surface area (Å²) in [5, 5.41) is 3.34. The Bertz CT molecular complexity index is 531. The van der Waals surface area contributed by atoms with Crippen LogP contribution in [0.5, 0.6) is 0 Å². The molecule has 2 aliphatic rings. The molecule has 1 aromatic rings. The largest absolute Gasteiger partial charge is 0.384 e. The van der Waals surface area contributed by atoms with Crippen LogP contribution in [-0.2, 0) is 9.47 Å². The van der Waals surface area contributed by atoms with E-state index in [2.05, 4.69) is 17.2 Å². The molecule has 3 heterocycles. The van der Waals surface area contributed by atoms with Gasteiger partial charge in [0.05, 0.1) is 25.1 Å². The molecule has 132 valence electrons. The van der Waals surface area contributed by atoms with E-state index in [1.54, 1.807) is 12.3 Å². The Morgan fingerprint density at radius 3 is 2.62 bits per heavy atom. The smallest absolute Gasteiger partial charge is 0.272 e. The summed E-state index contributed by atoms with van der Waals surface area (Å²) in [6.45, 7) is 5.74. The van der Waals surface area contributed by atoms with E-state index in [0.29, 0.717) is 32.0 Å². The van der Waals surface area contributed by atoms with Crippen LogP contribution in [0.15, 0.2) is 18.3 Å². The van der Waals surface area contributed by atoms with E-state index in [4.69, 9.17) is 9.47 Å². The fourth-order valence-corrected chi connectivity index (χ4v) is 3.23. The maximum Gasteiger partial charge on any atom is 0.272 e. The van der Waals surface area contributed by atoms with Crippen molar-refractivity contribution in [2.75, 3.05) is 38.2 Å². The molecule has 0 aliphatic carbocycles. The molecule has 1 spiro atoms. The van der Waals surface area contributed by atoms with Gasteiger partial charge in [0.25, 0.3) is 5.91 Å². The Kier molecular flexibility index (Phi) is 5.68.